The van der Waals surface area contributed by atoms with E-state index in [1.165, 1.54) is 25.3 Å². The molecule has 0 amide bonds. The third-order valence-electron chi connectivity index (χ3n) is 2.41. The number of pyridine rings is 1. The summed E-state index contributed by atoms with van der Waals surface area (Å²) < 4.78 is 4.63. The molecule has 0 aliphatic carbocycles. The van der Waals surface area contributed by atoms with Gasteiger partial charge in [-0.3, -0.25) is 10.1 Å². The summed E-state index contributed by atoms with van der Waals surface area (Å²) in [7, 11) is 1.24. The molecule has 0 unspecified atom stereocenters. The highest BCUT2D eigenvalue weighted by Crippen LogP contribution is 2.28. The lowest BCUT2D eigenvalue weighted by Gasteiger charge is -2.05. The molecule has 0 aliphatic rings. The monoisotopic (exact) mass is 264 g/mol. The number of non-ortho nitro benzene ring substituents is 1. The number of rotatable bonds is 2. The first kappa shape index (κ1) is 12.3. The van der Waals surface area contributed by atoms with E-state index >= 15 is 0 Å². The number of hydrogen-bond acceptors (Lipinski definition) is 6. The third kappa shape index (κ3) is 2.00. The highest BCUT2D eigenvalue weighted by molar-refractivity contribution is 7.80. The minimum Gasteiger partial charge on any atom is -0.465 e. The first-order chi connectivity index (χ1) is 8.54. The van der Waals surface area contributed by atoms with Gasteiger partial charge < -0.3 is 4.74 Å². The zero-order valence-corrected chi connectivity index (χ0v) is 10.2. The van der Waals surface area contributed by atoms with Crippen LogP contribution in [0.2, 0.25) is 0 Å². The van der Waals surface area contributed by atoms with Crippen LogP contribution in [0, 0.1) is 10.1 Å². The van der Waals surface area contributed by atoms with Crippen LogP contribution in [0.4, 0.5) is 5.69 Å². The minimum absolute atomic E-state index is 0.121. The smallest absolute Gasteiger partial charge is 0.338 e. The van der Waals surface area contributed by atoms with E-state index < -0.39 is 10.9 Å². The average Bonchev–Trinajstić information content (AvgIpc) is 2.35. The maximum absolute atomic E-state index is 11.6. The lowest BCUT2D eigenvalue weighted by Crippen LogP contribution is -2.04. The summed E-state index contributed by atoms with van der Waals surface area (Å²) in [6.07, 6.45) is 0. The maximum atomic E-state index is 11.6. The number of carbonyl (C=O) groups excluding carboxylic acids is 1. The third-order valence-corrected chi connectivity index (χ3v) is 2.64. The van der Waals surface area contributed by atoms with Crippen molar-refractivity contribution in [2.75, 3.05) is 7.11 Å². The molecule has 0 atom stereocenters. The number of ether oxygens (including phenoxy) is 1. The lowest BCUT2D eigenvalue weighted by atomic mass is 10.1. The van der Waals surface area contributed by atoms with Crippen LogP contribution in [-0.2, 0) is 4.74 Å². The fraction of sp³-hybridized carbons (Fsp3) is 0.0909. The lowest BCUT2D eigenvalue weighted by molar-refractivity contribution is -0.383. The molecular weight excluding hydrogens is 256 g/mol. The van der Waals surface area contributed by atoms with Gasteiger partial charge in [-0.2, -0.15) is 0 Å². The Morgan fingerprint density at radius 2 is 2.22 bits per heavy atom. The molecule has 0 bridgehead atoms. The van der Waals surface area contributed by atoms with E-state index in [9.17, 15) is 14.9 Å². The van der Waals surface area contributed by atoms with Crippen LogP contribution in [0.15, 0.2) is 29.3 Å². The molecule has 0 saturated carbocycles. The summed E-state index contributed by atoms with van der Waals surface area (Å²) in [6, 6.07) is 5.81. The van der Waals surface area contributed by atoms with E-state index in [-0.39, 0.29) is 21.8 Å². The van der Waals surface area contributed by atoms with Crippen molar-refractivity contribution in [1.29, 1.82) is 0 Å². The Morgan fingerprint density at radius 3 is 2.83 bits per heavy atom. The molecule has 92 valence electrons. The van der Waals surface area contributed by atoms with E-state index in [0.717, 1.165) is 0 Å². The Labute approximate surface area is 107 Å². The normalized spacial score (nSPS) is 10.3. The quantitative estimate of drug-likeness (QED) is 0.389. The average molecular weight is 264 g/mol. The summed E-state index contributed by atoms with van der Waals surface area (Å²) >= 11 is 4.04. The van der Waals surface area contributed by atoms with Gasteiger partial charge in [0, 0.05) is 11.5 Å². The van der Waals surface area contributed by atoms with Crippen LogP contribution in [-0.4, -0.2) is 23.0 Å². The van der Waals surface area contributed by atoms with Crippen molar-refractivity contribution in [2.24, 2.45) is 0 Å². The molecule has 1 aromatic heterocycles. The zero-order valence-electron chi connectivity index (χ0n) is 9.28. The number of methoxy groups -OCH3 is 1. The van der Waals surface area contributed by atoms with Gasteiger partial charge in [0.15, 0.2) is 0 Å². The van der Waals surface area contributed by atoms with Crippen LogP contribution < -0.4 is 0 Å². The summed E-state index contributed by atoms with van der Waals surface area (Å²) in [6.45, 7) is 0. The van der Waals surface area contributed by atoms with Gasteiger partial charge in [0.2, 0.25) is 0 Å². The van der Waals surface area contributed by atoms with E-state index in [0.29, 0.717) is 5.39 Å². The largest absolute Gasteiger partial charge is 0.465 e. The summed E-state index contributed by atoms with van der Waals surface area (Å²) in [5.74, 6) is -0.585. The topological polar surface area (TPSA) is 82.3 Å². The predicted molar refractivity (Wildman–Crippen MR) is 67.0 cm³/mol. The van der Waals surface area contributed by atoms with Crippen molar-refractivity contribution >= 4 is 35.2 Å². The van der Waals surface area contributed by atoms with Crippen molar-refractivity contribution in [2.45, 2.75) is 5.03 Å². The molecule has 2 aromatic rings. The molecule has 6 nitrogen and oxygen atoms in total. The number of esters is 1. The van der Waals surface area contributed by atoms with Gasteiger partial charge in [-0.25, -0.2) is 9.78 Å². The number of nitro benzene ring substituents is 1. The Morgan fingerprint density at radius 1 is 1.50 bits per heavy atom. The van der Waals surface area contributed by atoms with Crippen LogP contribution in [0.5, 0.6) is 0 Å². The second-order valence-corrected chi connectivity index (χ2v) is 3.91. The second kappa shape index (κ2) is 4.61. The minimum atomic E-state index is -0.585. The molecule has 0 spiro atoms. The molecule has 0 saturated heterocycles. The number of benzene rings is 1. The summed E-state index contributed by atoms with van der Waals surface area (Å²) in [5, 5.41) is 11.5. The highest BCUT2D eigenvalue weighted by atomic mass is 32.1. The van der Waals surface area contributed by atoms with Crippen molar-refractivity contribution < 1.29 is 14.5 Å². The molecule has 2 rings (SSSR count). The molecule has 1 aromatic carbocycles. The highest BCUT2D eigenvalue weighted by Gasteiger charge is 2.19. The molecule has 0 N–H and O–H groups in total. The van der Waals surface area contributed by atoms with Crippen LogP contribution in [0.25, 0.3) is 10.9 Å². The number of nitro groups is 1. The van der Waals surface area contributed by atoms with Gasteiger partial charge in [0.05, 0.1) is 22.6 Å². The molecule has 1 heterocycles. The Bertz CT molecular complexity index is 657. The Balaban J connectivity index is 2.86. The number of carbonyl (C=O) groups is 1. The number of hydrogen-bond donors (Lipinski definition) is 1. The summed E-state index contributed by atoms with van der Waals surface area (Å²) in [4.78, 5) is 25.9. The molecule has 0 radical (unpaired) electrons. The molecule has 18 heavy (non-hydrogen) atoms. The molecule has 0 aliphatic heterocycles. The predicted octanol–water partition coefficient (Wildman–Crippen LogP) is 2.22. The van der Waals surface area contributed by atoms with Crippen molar-refractivity contribution in [3.05, 3.63) is 39.9 Å². The van der Waals surface area contributed by atoms with E-state index in [1.807, 2.05) is 0 Å². The van der Waals surface area contributed by atoms with E-state index in [2.05, 4.69) is 22.3 Å². The standard InChI is InChI=1S/C11H8N2O4S/c1-17-11(14)7-5-9(18)12-10-6(7)3-2-4-8(10)13(15)16/h2-5H,1H3,(H,12,18). The number of para-hydroxylation sites is 1. The number of thiol groups is 1. The number of fused-ring (bicyclic) bond motifs is 1. The van der Waals surface area contributed by atoms with E-state index in [1.54, 1.807) is 6.07 Å². The zero-order chi connectivity index (χ0) is 13.3. The van der Waals surface area contributed by atoms with Crippen molar-refractivity contribution in [1.82, 2.24) is 4.98 Å². The first-order valence-electron chi connectivity index (χ1n) is 4.90. The molecular formula is C11H8N2O4S. The van der Waals surface area contributed by atoms with Crippen molar-refractivity contribution in [3.8, 4) is 0 Å². The van der Waals surface area contributed by atoms with Crippen LogP contribution in [0.3, 0.4) is 0 Å². The fourth-order valence-corrected chi connectivity index (χ4v) is 1.88. The Hall–Kier alpha value is -2.15. The van der Waals surface area contributed by atoms with Crippen LogP contribution in [0.1, 0.15) is 10.4 Å². The van der Waals surface area contributed by atoms with Crippen molar-refractivity contribution in [3.63, 3.8) is 0 Å². The maximum Gasteiger partial charge on any atom is 0.338 e. The molecule has 0 fully saturated rings. The van der Waals surface area contributed by atoms with E-state index in [4.69, 9.17) is 0 Å². The van der Waals surface area contributed by atoms with Gasteiger partial charge in [-0.15, -0.1) is 12.6 Å². The van der Waals surface area contributed by atoms with Gasteiger partial charge in [-0.05, 0) is 6.07 Å². The molecule has 7 heteroatoms. The number of nitrogens with zero attached hydrogens (tertiary/aromatic N) is 2. The first-order valence-corrected chi connectivity index (χ1v) is 5.34. The summed E-state index contributed by atoms with van der Waals surface area (Å²) in [5.41, 5.74) is 0.153. The number of aromatic nitrogens is 1. The Kier molecular flexibility index (Phi) is 3.15. The fourth-order valence-electron chi connectivity index (χ4n) is 1.65. The SMILES string of the molecule is COC(=O)c1cc(S)nc2c([N+](=O)[O-])cccc12. The van der Waals surface area contributed by atoms with Gasteiger partial charge in [0.25, 0.3) is 5.69 Å². The van der Waals surface area contributed by atoms with Gasteiger partial charge in [-0.1, -0.05) is 12.1 Å². The van der Waals surface area contributed by atoms with Crippen LogP contribution >= 0.6 is 12.6 Å². The van der Waals surface area contributed by atoms with Gasteiger partial charge >= 0.3 is 5.97 Å². The van der Waals surface area contributed by atoms with Gasteiger partial charge in [0.1, 0.15) is 5.52 Å². The second-order valence-electron chi connectivity index (χ2n) is 3.45.